The summed E-state index contributed by atoms with van der Waals surface area (Å²) in [6.07, 6.45) is 0.297. The first-order chi connectivity index (χ1) is 12.3. The highest BCUT2D eigenvalue weighted by Gasteiger charge is 2.25. The van der Waals surface area contributed by atoms with Crippen LogP contribution < -0.4 is 0 Å². The van der Waals surface area contributed by atoms with E-state index >= 15 is 0 Å². The highest BCUT2D eigenvalue weighted by Crippen LogP contribution is 2.28. The van der Waals surface area contributed by atoms with E-state index in [1.165, 1.54) is 0 Å². The van der Waals surface area contributed by atoms with Gasteiger partial charge in [0.2, 0.25) is 0 Å². The summed E-state index contributed by atoms with van der Waals surface area (Å²) < 4.78 is 7.79. The summed E-state index contributed by atoms with van der Waals surface area (Å²) in [6, 6.07) is 7.46. The number of hydrogen-bond acceptors (Lipinski definition) is 3. The van der Waals surface area contributed by atoms with E-state index < -0.39 is 0 Å². The fourth-order valence-electron chi connectivity index (χ4n) is 3.77. The number of aryl methyl sites for hydroxylation is 1. The minimum atomic E-state index is 0.130. The van der Waals surface area contributed by atoms with Crippen LogP contribution in [0, 0.1) is 13.8 Å². The molecule has 0 spiro atoms. The normalized spacial score (nSPS) is 21.2. The standard InChI is InChI=1S/C20H24Cl2N2O2/c1-12-7-17(20(25)11-23-9-13(2)26-14(3)10-23)15(4)24(12)16-5-6-18(21)19(22)8-16/h5-8,13-14H,9-11H2,1-4H3/t13-,14-/m1/s1. The van der Waals surface area contributed by atoms with Gasteiger partial charge in [-0.1, -0.05) is 23.2 Å². The Bertz CT molecular complexity index is 821. The molecule has 4 nitrogen and oxygen atoms in total. The van der Waals surface area contributed by atoms with Crippen LogP contribution in [0.25, 0.3) is 5.69 Å². The van der Waals surface area contributed by atoms with Crippen LogP contribution in [-0.2, 0) is 4.74 Å². The zero-order chi connectivity index (χ0) is 19.0. The summed E-state index contributed by atoms with van der Waals surface area (Å²) >= 11 is 12.2. The lowest BCUT2D eigenvalue weighted by atomic mass is 10.1. The number of carbonyl (C=O) groups is 1. The largest absolute Gasteiger partial charge is 0.373 e. The lowest BCUT2D eigenvalue weighted by Crippen LogP contribution is -2.47. The van der Waals surface area contributed by atoms with Crippen LogP contribution in [0.3, 0.4) is 0 Å². The quantitative estimate of drug-likeness (QED) is 0.705. The van der Waals surface area contributed by atoms with Gasteiger partial charge in [-0.05, 0) is 52.0 Å². The molecule has 0 saturated carbocycles. The molecule has 0 unspecified atom stereocenters. The van der Waals surface area contributed by atoms with Crippen molar-refractivity contribution >= 4 is 29.0 Å². The smallest absolute Gasteiger partial charge is 0.178 e. The second kappa shape index (κ2) is 7.73. The monoisotopic (exact) mass is 394 g/mol. The molecule has 1 saturated heterocycles. The van der Waals surface area contributed by atoms with Crippen LogP contribution in [0.15, 0.2) is 24.3 Å². The van der Waals surface area contributed by atoms with E-state index in [4.69, 9.17) is 27.9 Å². The average Bonchev–Trinajstić information content (AvgIpc) is 2.84. The first-order valence-electron chi connectivity index (χ1n) is 8.81. The van der Waals surface area contributed by atoms with Gasteiger partial charge in [0.15, 0.2) is 5.78 Å². The third kappa shape index (κ3) is 3.99. The molecule has 0 aliphatic carbocycles. The number of aromatic nitrogens is 1. The Labute approximate surface area is 164 Å². The molecule has 1 fully saturated rings. The van der Waals surface area contributed by atoms with Gasteiger partial charge in [-0.2, -0.15) is 0 Å². The predicted octanol–water partition coefficient (Wildman–Crippen LogP) is 4.69. The Morgan fingerprint density at radius 3 is 2.38 bits per heavy atom. The molecule has 0 N–H and O–H groups in total. The van der Waals surface area contributed by atoms with E-state index in [0.717, 1.165) is 35.7 Å². The molecule has 1 aliphatic rings. The van der Waals surface area contributed by atoms with Crippen molar-refractivity contribution < 1.29 is 9.53 Å². The second-order valence-electron chi connectivity index (χ2n) is 7.09. The molecule has 2 heterocycles. The van der Waals surface area contributed by atoms with Gasteiger partial charge >= 0.3 is 0 Å². The molecule has 1 aromatic heterocycles. The zero-order valence-electron chi connectivity index (χ0n) is 15.6. The number of rotatable bonds is 4. The summed E-state index contributed by atoms with van der Waals surface area (Å²) in [6.45, 7) is 10.0. The number of ketones is 1. The number of halogens is 2. The maximum atomic E-state index is 12.9. The number of hydrogen-bond donors (Lipinski definition) is 0. The number of nitrogens with zero attached hydrogens (tertiary/aromatic N) is 2. The Morgan fingerprint density at radius 2 is 1.77 bits per heavy atom. The summed E-state index contributed by atoms with van der Waals surface area (Å²) in [5.41, 5.74) is 3.57. The third-order valence-corrected chi connectivity index (χ3v) is 5.49. The van der Waals surface area contributed by atoms with Crippen molar-refractivity contribution in [2.45, 2.75) is 39.9 Å². The second-order valence-corrected chi connectivity index (χ2v) is 7.91. The van der Waals surface area contributed by atoms with Crippen molar-refractivity contribution in [1.29, 1.82) is 0 Å². The van der Waals surface area contributed by atoms with E-state index in [2.05, 4.69) is 4.90 Å². The van der Waals surface area contributed by atoms with E-state index in [9.17, 15) is 4.79 Å². The van der Waals surface area contributed by atoms with Crippen LogP contribution in [0.2, 0.25) is 10.0 Å². The zero-order valence-corrected chi connectivity index (χ0v) is 17.1. The molecule has 1 aliphatic heterocycles. The van der Waals surface area contributed by atoms with Crippen LogP contribution in [0.1, 0.15) is 35.6 Å². The van der Waals surface area contributed by atoms with Crippen LogP contribution in [-0.4, -0.2) is 47.1 Å². The molecule has 0 radical (unpaired) electrons. The lowest BCUT2D eigenvalue weighted by Gasteiger charge is -2.34. The highest BCUT2D eigenvalue weighted by atomic mass is 35.5. The molecule has 26 heavy (non-hydrogen) atoms. The molecule has 1 aromatic carbocycles. The lowest BCUT2D eigenvalue weighted by molar-refractivity contribution is -0.0652. The average molecular weight is 395 g/mol. The minimum Gasteiger partial charge on any atom is -0.373 e. The van der Waals surface area contributed by atoms with Gasteiger partial charge < -0.3 is 9.30 Å². The van der Waals surface area contributed by atoms with Gasteiger partial charge in [-0.25, -0.2) is 0 Å². The number of Topliss-reactive ketones (excluding diaryl/α,β-unsaturated/α-hetero) is 1. The van der Waals surface area contributed by atoms with Gasteiger partial charge in [0.25, 0.3) is 0 Å². The Kier molecular flexibility index (Phi) is 5.78. The van der Waals surface area contributed by atoms with Gasteiger partial charge in [0, 0.05) is 35.7 Å². The fourth-order valence-corrected chi connectivity index (χ4v) is 4.06. The van der Waals surface area contributed by atoms with Crippen molar-refractivity contribution in [3.63, 3.8) is 0 Å². The summed E-state index contributed by atoms with van der Waals surface area (Å²) in [5.74, 6) is 0.130. The van der Waals surface area contributed by atoms with Gasteiger partial charge in [0.1, 0.15) is 0 Å². The van der Waals surface area contributed by atoms with Gasteiger partial charge in [-0.3, -0.25) is 9.69 Å². The number of ether oxygens (including phenoxy) is 1. The van der Waals surface area contributed by atoms with Crippen molar-refractivity contribution in [1.82, 2.24) is 9.47 Å². The van der Waals surface area contributed by atoms with Crippen molar-refractivity contribution in [3.05, 3.63) is 51.3 Å². The molecule has 0 bridgehead atoms. The molecule has 0 amide bonds. The fraction of sp³-hybridized carbons (Fsp3) is 0.450. The first kappa shape index (κ1) is 19.4. The summed E-state index contributed by atoms with van der Waals surface area (Å²) in [5, 5.41) is 1.02. The van der Waals surface area contributed by atoms with Crippen molar-refractivity contribution in [3.8, 4) is 5.69 Å². The summed E-state index contributed by atoms with van der Waals surface area (Å²) in [4.78, 5) is 15.1. The minimum absolute atomic E-state index is 0.130. The van der Waals surface area contributed by atoms with Crippen LogP contribution in [0.5, 0.6) is 0 Å². The molecule has 140 valence electrons. The first-order valence-corrected chi connectivity index (χ1v) is 9.57. The molecule has 2 atom stereocenters. The topological polar surface area (TPSA) is 34.5 Å². The van der Waals surface area contributed by atoms with E-state index in [1.54, 1.807) is 6.07 Å². The van der Waals surface area contributed by atoms with Gasteiger partial charge in [-0.15, -0.1) is 0 Å². The number of benzene rings is 1. The molecule has 3 rings (SSSR count). The van der Waals surface area contributed by atoms with Crippen molar-refractivity contribution in [2.75, 3.05) is 19.6 Å². The highest BCUT2D eigenvalue weighted by molar-refractivity contribution is 6.42. The molecule has 2 aromatic rings. The SMILES string of the molecule is Cc1cc(C(=O)CN2C[C@@H](C)O[C@H](C)C2)c(C)n1-c1ccc(Cl)c(Cl)c1. The predicted molar refractivity (Wildman–Crippen MR) is 106 cm³/mol. The summed E-state index contributed by atoms with van der Waals surface area (Å²) in [7, 11) is 0. The van der Waals surface area contributed by atoms with Crippen LogP contribution in [0.4, 0.5) is 0 Å². The Morgan fingerprint density at radius 1 is 1.12 bits per heavy atom. The maximum Gasteiger partial charge on any atom is 0.178 e. The Hall–Kier alpha value is -1.33. The molecular formula is C20H24Cl2N2O2. The Balaban J connectivity index is 1.85. The number of morpholine rings is 1. The van der Waals surface area contributed by atoms with E-state index in [1.807, 2.05) is 50.5 Å². The molecular weight excluding hydrogens is 371 g/mol. The number of carbonyl (C=O) groups excluding carboxylic acids is 1. The van der Waals surface area contributed by atoms with Crippen molar-refractivity contribution in [2.24, 2.45) is 0 Å². The molecule has 6 heteroatoms. The van der Waals surface area contributed by atoms with E-state index in [0.29, 0.717) is 16.6 Å². The van der Waals surface area contributed by atoms with E-state index in [-0.39, 0.29) is 18.0 Å². The maximum absolute atomic E-state index is 12.9. The van der Waals surface area contributed by atoms with Gasteiger partial charge in [0.05, 0.1) is 28.8 Å². The van der Waals surface area contributed by atoms with Crippen LogP contribution >= 0.6 is 23.2 Å². The third-order valence-electron chi connectivity index (χ3n) is 4.76.